The van der Waals surface area contributed by atoms with Crippen molar-refractivity contribution >= 4 is 12.1 Å². The lowest BCUT2D eigenvalue weighted by atomic mass is 10.0. The highest BCUT2D eigenvalue weighted by molar-refractivity contribution is 5.77. The zero-order chi connectivity index (χ0) is 19.4. The zero-order valence-corrected chi connectivity index (χ0v) is 15.4. The molecule has 1 N–H and O–H groups in total. The summed E-state index contributed by atoms with van der Waals surface area (Å²) in [5.41, 5.74) is 6.86. The molecule has 0 saturated carbocycles. The Morgan fingerprint density at radius 1 is 1.48 bits per heavy atom. The second-order valence-corrected chi connectivity index (χ2v) is 7.07. The van der Waals surface area contributed by atoms with Crippen molar-refractivity contribution in [2.45, 2.75) is 71.1 Å². The monoisotopic (exact) mass is 358 g/mol. The van der Waals surface area contributed by atoms with Crippen LogP contribution in [0, 0.1) is 0 Å². The molecule has 1 rings (SSSR count). The van der Waals surface area contributed by atoms with Crippen molar-refractivity contribution in [1.29, 1.82) is 0 Å². The van der Waals surface area contributed by atoms with E-state index in [4.69, 9.17) is 19.7 Å². The first-order valence-electron chi connectivity index (χ1n) is 7.99. The van der Waals surface area contributed by atoms with E-state index in [1.807, 2.05) is 0 Å². The van der Waals surface area contributed by atoms with E-state index in [9.17, 15) is 14.7 Å². The van der Waals surface area contributed by atoms with Crippen LogP contribution < -0.4 is 0 Å². The zero-order valence-electron chi connectivity index (χ0n) is 15.4. The van der Waals surface area contributed by atoms with Crippen LogP contribution in [0.3, 0.4) is 0 Å². The lowest BCUT2D eigenvalue weighted by Gasteiger charge is -2.37. The fourth-order valence-corrected chi connectivity index (χ4v) is 2.50. The molecule has 0 aliphatic carbocycles. The van der Waals surface area contributed by atoms with Crippen LogP contribution in [0.1, 0.15) is 41.5 Å². The fourth-order valence-electron chi connectivity index (χ4n) is 2.50. The number of hydrogen-bond acceptors (Lipinski definition) is 7. The van der Waals surface area contributed by atoms with Gasteiger partial charge in [0.05, 0.1) is 25.4 Å². The van der Waals surface area contributed by atoms with Crippen LogP contribution in [0.25, 0.3) is 10.4 Å². The Morgan fingerprint density at radius 3 is 2.56 bits per heavy atom. The van der Waals surface area contributed by atoms with E-state index in [1.54, 1.807) is 41.5 Å². The van der Waals surface area contributed by atoms with Gasteiger partial charge in [-0.05, 0) is 47.1 Å². The minimum absolute atomic E-state index is 0.0513. The number of amides is 1. The molecule has 1 fully saturated rings. The quantitative estimate of drug-likeness (QED) is 0.345. The molecule has 0 unspecified atom stereocenters. The number of rotatable bonds is 5. The number of aliphatic hydroxyl groups excluding tert-OH is 1. The van der Waals surface area contributed by atoms with Crippen molar-refractivity contribution in [3.8, 4) is 0 Å². The van der Waals surface area contributed by atoms with Gasteiger partial charge in [0.1, 0.15) is 11.3 Å². The molecule has 1 heterocycles. The maximum atomic E-state index is 12.6. The van der Waals surface area contributed by atoms with Crippen molar-refractivity contribution < 1.29 is 28.9 Å². The van der Waals surface area contributed by atoms with Crippen LogP contribution in [-0.4, -0.2) is 64.8 Å². The Kier molecular flexibility index (Phi) is 6.64. The summed E-state index contributed by atoms with van der Waals surface area (Å²) in [4.78, 5) is 28.3. The summed E-state index contributed by atoms with van der Waals surface area (Å²) in [6, 6.07) is -2.44. The van der Waals surface area contributed by atoms with Gasteiger partial charge in [0.25, 0.3) is 0 Å². The Bertz CT molecular complexity index is 553. The topological polar surface area (TPSA) is 134 Å². The van der Waals surface area contributed by atoms with Gasteiger partial charge in [0.15, 0.2) is 6.04 Å². The van der Waals surface area contributed by atoms with Gasteiger partial charge in [0.2, 0.25) is 0 Å². The third-order valence-electron chi connectivity index (χ3n) is 3.53. The van der Waals surface area contributed by atoms with E-state index < -0.39 is 41.6 Å². The van der Waals surface area contributed by atoms with Crippen LogP contribution in [-0.2, 0) is 19.0 Å². The summed E-state index contributed by atoms with van der Waals surface area (Å²) < 4.78 is 15.8. The van der Waals surface area contributed by atoms with Crippen molar-refractivity contribution in [2.24, 2.45) is 5.11 Å². The maximum absolute atomic E-state index is 12.6. The van der Waals surface area contributed by atoms with Crippen LogP contribution in [0.2, 0.25) is 0 Å². The number of azide groups is 1. The molecule has 0 spiro atoms. The van der Waals surface area contributed by atoms with E-state index in [-0.39, 0.29) is 13.2 Å². The molecule has 1 saturated heterocycles. The van der Waals surface area contributed by atoms with Gasteiger partial charge in [-0.25, -0.2) is 4.79 Å². The Balaban J connectivity index is 3.12. The molecule has 10 heteroatoms. The third-order valence-corrected chi connectivity index (χ3v) is 3.53. The second kappa shape index (κ2) is 7.90. The average molecular weight is 358 g/mol. The molecule has 0 bridgehead atoms. The summed E-state index contributed by atoms with van der Waals surface area (Å²) in [5, 5.41) is 13.9. The van der Waals surface area contributed by atoms with E-state index in [0.717, 1.165) is 0 Å². The Morgan fingerprint density at radius 2 is 2.08 bits per heavy atom. The normalized spacial score (nSPS) is 21.9. The SMILES string of the molecule is CCOC(=O)[C@@H](N=[N+]=[N-])[C@@H](O)[C@@H]1COC(C)(C)N1C(=O)OC(C)(C)C. The molecule has 10 nitrogen and oxygen atoms in total. The van der Waals surface area contributed by atoms with Crippen LogP contribution in [0.5, 0.6) is 0 Å². The molecule has 25 heavy (non-hydrogen) atoms. The third kappa shape index (κ3) is 5.22. The van der Waals surface area contributed by atoms with Crippen molar-refractivity contribution in [1.82, 2.24) is 4.90 Å². The van der Waals surface area contributed by atoms with E-state index in [1.165, 1.54) is 4.90 Å². The van der Waals surface area contributed by atoms with Crippen LogP contribution in [0.15, 0.2) is 5.11 Å². The summed E-state index contributed by atoms with van der Waals surface area (Å²) in [7, 11) is 0. The van der Waals surface area contributed by atoms with Crippen molar-refractivity contribution in [2.75, 3.05) is 13.2 Å². The number of nitrogens with zero attached hydrogens (tertiary/aromatic N) is 4. The molecule has 3 atom stereocenters. The molecule has 142 valence electrons. The molecule has 0 aromatic heterocycles. The molecule has 0 aromatic carbocycles. The summed E-state index contributed by atoms with van der Waals surface area (Å²) in [6.07, 6.45) is -2.22. The summed E-state index contributed by atoms with van der Waals surface area (Å²) in [5.74, 6) is -0.873. The number of carbonyl (C=O) groups excluding carboxylic acids is 2. The molecule has 0 radical (unpaired) electrons. The largest absolute Gasteiger partial charge is 0.466 e. The van der Waals surface area contributed by atoms with E-state index in [2.05, 4.69) is 10.0 Å². The molecule has 0 aromatic rings. The Hall–Kier alpha value is -2.03. The van der Waals surface area contributed by atoms with Crippen LogP contribution in [0.4, 0.5) is 4.79 Å². The first-order valence-corrected chi connectivity index (χ1v) is 7.99. The number of aliphatic hydroxyl groups is 1. The number of carbonyl (C=O) groups is 2. The van der Waals surface area contributed by atoms with E-state index in [0.29, 0.717) is 0 Å². The van der Waals surface area contributed by atoms with Gasteiger partial charge < -0.3 is 19.3 Å². The molecular weight excluding hydrogens is 332 g/mol. The van der Waals surface area contributed by atoms with Crippen LogP contribution >= 0.6 is 0 Å². The highest BCUT2D eigenvalue weighted by atomic mass is 16.6. The summed E-state index contributed by atoms with van der Waals surface area (Å²) >= 11 is 0. The lowest BCUT2D eigenvalue weighted by Crippen LogP contribution is -2.56. The van der Waals surface area contributed by atoms with Gasteiger partial charge >= 0.3 is 12.1 Å². The van der Waals surface area contributed by atoms with Gasteiger partial charge in [-0.2, -0.15) is 0 Å². The van der Waals surface area contributed by atoms with Crippen molar-refractivity contribution in [3.05, 3.63) is 10.4 Å². The Labute approximate surface area is 146 Å². The van der Waals surface area contributed by atoms with E-state index >= 15 is 0 Å². The minimum Gasteiger partial charge on any atom is -0.466 e. The molecule has 1 amide bonds. The van der Waals surface area contributed by atoms with Gasteiger partial charge in [0, 0.05) is 4.91 Å². The molecular formula is C15H26N4O6. The second-order valence-electron chi connectivity index (χ2n) is 7.07. The number of esters is 1. The smallest absolute Gasteiger partial charge is 0.412 e. The predicted octanol–water partition coefficient (Wildman–Crippen LogP) is 1.96. The fraction of sp³-hybridized carbons (Fsp3) is 0.867. The highest BCUT2D eigenvalue weighted by Gasteiger charge is 2.51. The number of hydrogen-bond donors (Lipinski definition) is 1. The molecule has 1 aliphatic rings. The maximum Gasteiger partial charge on any atom is 0.412 e. The average Bonchev–Trinajstić information content (AvgIpc) is 2.78. The number of ether oxygens (including phenoxy) is 3. The van der Waals surface area contributed by atoms with Gasteiger partial charge in [-0.1, -0.05) is 5.11 Å². The first-order chi connectivity index (χ1) is 11.4. The predicted molar refractivity (Wildman–Crippen MR) is 87.5 cm³/mol. The van der Waals surface area contributed by atoms with Gasteiger partial charge in [-0.15, -0.1) is 0 Å². The minimum atomic E-state index is -1.51. The van der Waals surface area contributed by atoms with Crippen molar-refractivity contribution in [3.63, 3.8) is 0 Å². The van der Waals surface area contributed by atoms with Gasteiger partial charge in [-0.3, -0.25) is 9.69 Å². The first kappa shape index (κ1) is 21.0. The highest BCUT2D eigenvalue weighted by Crippen LogP contribution is 2.32. The summed E-state index contributed by atoms with van der Waals surface area (Å²) in [6.45, 7) is 10.0. The molecule has 1 aliphatic heterocycles. The standard InChI is InChI=1S/C15H26N4O6/c1-7-23-12(21)10(17-18-16)11(20)9-8-24-15(5,6)19(9)13(22)25-14(2,3)4/h9-11,20H,7-8H2,1-6H3/t9-,10-,11-/m0/s1. The lowest BCUT2D eigenvalue weighted by molar-refractivity contribution is -0.148.